The Morgan fingerprint density at radius 1 is 0.259 bits per heavy atom. The maximum absolute atomic E-state index is 5.21. The van der Waals surface area contributed by atoms with Crippen molar-refractivity contribution in [1.82, 2.24) is 14.0 Å². The quantitative estimate of drug-likeness (QED) is 0.165. The summed E-state index contributed by atoms with van der Waals surface area (Å²) in [6, 6.07) is 73.7. The molecule has 0 amide bonds. The molecule has 268 valence electrons. The van der Waals surface area contributed by atoms with Crippen LogP contribution >= 0.6 is 0 Å². The Morgan fingerprint density at radius 3 is 1.03 bits per heavy atom. The molecule has 2 heterocycles. The summed E-state index contributed by atoms with van der Waals surface area (Å²) >= 11 is 0. The molecule has 0 bridgehead atoms. The maximum atomic E-state index is 5.21. The molecular formula is C55H33N3. The molecule has 13 aromatic rings. The van der Waals surface area contributed by atoms with E-state index in [1.807, 2.05) is 0 Å². The SMILES string of the molecule is c1ccc2c(c1)nc1n(-c3ccc4c5ccccc5c5cc6c7ccccc7c7ccccc7c7ccccc7c6cc5c5ccccc5c4c3)c3ccccc3n21. The number of imidazole rings is 2. The van der Waals surface area contributed by atoms with Crippen LogP contribution in [0.25, 0.3) is 120 Å². The van der Waals surface area contributed by atoms with Crippen LogP contribution in [0.1, 0.15) is 0 Å². The van der Waals surface area contributed by atoms with E-state index in [1.165, 1.54) is 86.2 Å². The molecule has 0 aliphatic carbocycles. The molecule has 0 aliphatic rings. The molecule has 0 fully saturated rings. The lowest BCUT2D eigenvalue weighted by Crippen LogP contribution is -1.95. The van der Waals surface area contributed by atoms with Crippen LogP contribution in [-0.2, 0) is 0 Å². The monoisotopic (exact) mass is 735 g/mol. The van der Waals surface area contributed by atoms with Gasteiger partial charge in [0.2, 0.25) is 5.78 Å². The minimum atomic E-state index is 0.909. The van der Waals surface area contributed by atoms with Crippen LogP contribution in [0, 0.1) is 0 Å². The highest BCUT2D eigenvalue weighted by Crippen LogP contribution is 2.42. The lowest BCUT2D eigenvalue weighted by Gasteiger charge is -2.14. The molecule has 58 heavy (non-hydrogen) atoms. The van der Waals surface area contributed by atoms with E-state index >= 15 is 0 Å². The van der Waals surface area contributed by atoms with Crippen molar-refractivity contribution in [1.29, 1.82) is 0 Å². The highest BCUT2D eigenvalue weighted by Gasteiger charge is 2.18. The van der Waals surface area contributed by atoms with Gasteiger partial charge >= 0.3 is 0 Å². The van der Waals surface area contributed by atoms with Gasteiger partial charge in [0.15, 0.2) is 0 Å². The van der Waals surface area contributed by atoms with Crippen LogP contribution in [-0.4, -0.2) is 14.0 Å². The van der Waals surface area contributed by atoms with Gasteiger partial charge < -0.3 is 0 Å². The Labute approximate surface area is 332 Å². The van der Waals surface area contributed by atoms with Crippen molar-refractivity contribution in [2.75, 3.05) is 0 Å². The fourth-order valence-electron chi connectivity index (χ4n) is 9.99. The van der Waals surface area contributed by atoms with Crippen molar-refractivity contribution in [2.45, 2.75) is 0 Å². The fourth-order valence-corrected chi connectivity index (χ4v) is 9.99. The standard InChI is InChI=1S/C55H33N3/c1-2-16-36-35(15-1)37-17-3-6-20-40(37)47-32-49-42-22-8-5-19-39(42)45-30-29-34(57-53-27-13-14-28-54(53)58-52-26-12-11-25-51(52)56-55(57)58)31-46(45)43-23-9-10-24-44(43)50(49)33-48(47)41-21-7-4-18-38(36)41/h1-33H. The summed E-state index contributed by atoms with van der Waals surface area (Å²) < 4.78 is 4.62. The summed E-state index contributed by atoms with van der Waals surface area (Å²) in [7, 11) is 0. The Morgan fingerprint density at radius 2 is 0.586 bits per heavy atom. The summed E-state index contributed by atoms with van der Waals surface area (Å²) in [5.74, 6) is 0.909. The second kappa shape index (κ2) is 11.9. The van der Waals surface area contributed by atoms with Gasteiger partial charge in [-0.25, -0.2) is 4.98 Å². The Bertz CT molecular complexity index is 3980. The van der Waals surface area contributed by atoms with E-state index in [0.29, 0.717) is 0 Å². The van der Waals surface area contributed by atoms with Gasteiger partial charge in [-0.2, -0.15) is 0 Å². The predicted molar refractivity (Wildman–Crippen MR) is 247 cm³/mol. The molecule has 13 rings (SSSR count). The molecule has 0 spiro atoms. The molecule has 0 saturated carbocycles. The summed E-state index contributed by atoms with van der Waals surface area (Å²) in [5, 5.41) is 19.7. The summed E-state index contributed by atoms with van der Waals surface area (Å²) in [6.07, 6.45) is 0. The number of aromatic nitrogens is 3. The molecule has 0 saturated heterocycles. The second-order valence-electron chi connectivity index (χ2n) is 15.5. The van der Waals surface area contributed by atoms with Gasteiger partial charge in [-0.15, -0.1) is 0 Å². The zero-order valence-electron chi connectivity index (χ0n) is 31.4. The first-order chi connectivity index (χ1) is 28.8. The number of benzene rings is 9. The third-order valence-corrected chi connectivity index (χ3v) is 12.5. The summed E-state index contributed by atoms with van der Waals surface area (Å²) in [4.78, 5) is 5.21. The van der Waals surface area contributed by atoms with Gasteiger partial charge in [0, 0.05) is 5.69 Å². The zero-order chi connectivity index (χ0) is 37.9. The molecule has 3 nitrogen and oxygen atoms in total. The average Bonchev–Trinajstić information content (AvgIpc) is 3.82. The minimum Gasteiger partial charge on any atom is -0.278 e. The zero-order valence-corrected chi connectivity index (χ0v) is 31.4. The van der Waals surface area contributed by atoms with E-state index in [1.54, 1.807) is 0 Å². The van der Waals surface area contributed by atoms with E-state index in [0.717, 1.165) is 33.5 Å². The summed E-state index contributed by atoms with van der Waals surface area (Å²) in [5.41, 5.74) is 5.44. The van der Waals surface area contributed by atoms with E-state index in [9.17, 15) is 0 Å². The fraction of sp³-hybridized carbons (Fsp3) is 0. The van der Waals surface area contributed by atoms with E-state index in [-0.39, 0.29) is 0 Å². The molecule has 0 unspecified atom stereocenters. The lowest BCUT2D eigenvalue weighted by atomic mass is 9.90. The highest BCUT2D eigenvalue weighted by atomic mass is 15.2. The van der Waals surface area contributed by atoms with Gasteiger partial charge in [-0.05, 0) is 135 Å². The van der Waals surface area contributed by atoms with Crippen molar-refractivity contribution < 1.29 is 0 Å². The van der Waals surface area contributed by atoms with Crippen molar-refractivity contribution >= 4 is 114 Å². The lowest BCUT2D eigenvalue weighted by molar-refractivity contribution is 1.11. The Kier molecular flexibility index (Phi) is 6.44. The smallest absolute Gasteiger partial charge is 0.220 e. The van der Waals surface area contributed by atoms with Gasteiger partial charge in [-0.1, -0.05) is 152 Å². The van der Waals surface area contributed by atoms with Gasteiger partial charge in [0.05, 0.1) is 22.1 Å². The number of hydrogen-bond donors (Lipinski definition) is 0. The van der Waals surface area contributed by atoms with Crippen molar-refractivity contribution in [3.63, 3.8) is 0 Å². The first-order valence-electron chi connectivity index (χ1n) is 20.0. The molecule has 11 aromatic carbocycles. The topological polar surface area (TPSA) is 22.2 Å². The molecule has 0 N–H and O–H groups in total. The number of hydrogen-bond acceptors (Lipinski definition) is 1. The molecule has 0 aliphatic heterocycles. The van der Waals surface area contributed by atoms with E-state index in [2.05, 4.69) is 209 Å². The van der Waals surface area contributed by atoms with Crippen LogP contribution < -0.4 is 0 Å². The molecule has 0 radical (unpaired) electrons. The van der Waals surface area contributed by atoms with Gasteiger partial charge in [0.25, 0.3) is 0 Å². The molecule has 2 aromatic heterocycles. The minimum absolute atomic E-state index is 0.909. The van der Waals surface area contributed by atoms with Crippen LogP contribution in [0.5, 0.6) is 0 Å². The molecule has 0 atom stereocenters. The average molecular weight is 736 g/mol. The molecule has 3 heteroatoms. The molecular weight excluding hydrogens is 703 g/mol. The highest BCUT2D eigenvalue weighted by molar-refractivity contribution is 6.32. The largest absolute Gasteiger partial charge is 0.278 e. The number of para-hydroxylation sites is 4. The van der Waals surface area contributed by atoms with E-state index in [4.69, 9.17) is 4.98 Å². The number of fused-ring (bicyclic) bond motifs is 21. The van der Waals surface area contributed by atoms with Crippen LogP contribution in [0.2, 0.25) is 0 Å². The second-order valence-corrected chi connectivity index (χ2v) is 15.5. The third kappa shape index (κ3) is 4.30. The van der Waals surface area contributed by atoms with Crippen LogP contribution in [0.15, 0.2) is 200 Å². The van der Waals surface area contributed by atoms with Gasteiger partial charge in [-0.3, -0.25) is 8.97 Å². The third-order valence-electron chi connectivity index (χ3n) is 12.5. The van der Waals surface area contributed by atoms with Crippen LogP contribution in [0.4, 0.5) is 0 Å². The van der Waals surface area contributed by atoms with E-state index < -0.39 is 0 Å². The summed E-state index contributed by atoms with van der Waals surface area (Å²) in [6.45, 7) is 0. The Balaban J connectivity index is 1.25. The normalized spacial score (nSPS) is 12.1. The van der Waals surface area contributed by atoms with Crippen LogP contribution in [0.3, 0.4) is 0 Å². The Hall–Kier alpha value is -7.75. The maximum Gasteiger partial charge on any atom is 0.220 e. The van der Waals surface area contributed by atoms with Gasteiger partial charge in [0.1, 0.15) is 0 Å². The predicted octanol–water partition coefficient (Wildman–Crippen LogP) is 14.8. The first-order valence-corrected chi connectivity index (χ1v) is 20.0. The van der Waals surface area contributed by atoms with Crippen molar-refractivity contribution in [3.8, 4) is 5.69 Å². The number of rotatable bonds is 1. The first kappa shape index (κ1) is 31.5. The van der Waals surface area contributed by atoms with Crippen molar-refractivity contribution in [3.05, 3.63) is 200 Å². The van der Waals surface area contributed by atoms with Crippen molar-refractivity contribution in [2.24, 2.45) is 0 Å². The number of nitrogens with zero attached hydrogens (tertiary/aromatic N) is 3.